The van der Waals surface area contributed by atoms with Gasteiger partial charge >= 0.3 is 5.97 Å². The van der Waals surface area contributed by atoms with Gasteiger partial charge in [-0.05, 0) is 43.0 Å². The van der Waals surface area contributed by atoms with E-state index in [4.69, 9.17) is 14.2 Å². The van der Waals surface area contributed by atoms with E-state index in [-0.39, 0.29) is 18.3 Å². The number of carbonyl (C=O) groups excluding carboxylic acids is 3. The van der Waals surface area contributed by atoms with Crippen LogP contribution < -0.4 is 9.47 Å². The smallest absolute Gasteiger partial charge is 0.316 e. The van der Waals surface area contributed by atoms with E-state index in [1.54, 1.807) is 21.1 Å². The quantitative estimate of drug-likeness (QED) is 0.730. The zero-order valence-corrected chi connectivity index (χ0v) is 16.2. The molecule has 4 aliphatic rings. The lowest BCUT2D eigenvalue weighted by Gasteiger charge is -2.51. The number of ether oxygens (including phenoxy) is 3. The third kappa shape index (κ3) is 1.65. The van der Waals surface area contributed by atoms with Crippen LogP contribution in [0.4, 0.5) is 0 Å². The third-order valence-corrected chi connectivity index (χ3v) is 7.24. The van der Waals surface area contributed by atoms with Crippen LogP contribution in [0.2, 0.25) is 0 Å². The van der Waals surface area contributed by atoms with Gasteiger partial charge in [0.05, 0.1) is 38.2 Å². The molecule has 1 spiro atoms. The molecule has 0 N–H and O–H groups in total. The molecule has 0 bridgehead atoms. The Morgan fingerprint density at radius 1 is 1.14 bits per heavy atom. The monoisotopic (exact) mass is 385 g/mol. The van der Waals surface area contributed by atoms with Gasteiger partial charge < -0.3 is 19.1 Å². The maximum Gasteiger partial charge on any atom is 0.316 e. The Morgan fingerprint density at radius 2 is 1.86 bits per heavy atom. The van der Waals surface area contributed by atoms with Crippen molar-refractivity contribution in [2.75, 3.05) is 27.4 Å². The van der Waals surface area contributed by atoms with Crippen LogP contribution in [0.3, 0.4) is 0 Å². The van der Waals surface area contributed by atoms with Crippen LogP contribution in [0, 0.1) is 17.3 Å². The number of Topliss-reactive ketones (excluding diaryl/α,β-unsaturated/α-hetero) is 1. The van der Waals surface area contributed by atoms with E-state index < -0.39 is 28.8 Å². The molecular formula is C21H23NO6. The number of methoxy groups -OCH3 is 2. The fraction of sp³-hybridized carbons (Fsp3) is 0.571. The number of fused-ring (bicyclic) bond motifs is 2. The molecule has 4 atom stereocenters. The summed E-state index contributed by atoms with van der Waals surface area (Å²) in [6.45, 7) is 2.50. The predicted octanol–water partition coefficient (Wildman–Crippen LogP) is 1.46. The Morgan fingerprint density at radius 3 is 2.54 bits per heavy atom. The van der Waals surface area contributed by atoms with Gasteiger partial charge in [0.25, 0.3) is 0 Å². The van der Waals surface area contributed by atoms with Gasteiger partial charge in [0, 0.05) is 13.0 Å². The molecule has 0 unspecified atom stereocenters. The second-order valence-electron chi connectivity index (χ2n) is 7.98. The minimum Gasteiger partial charge on any atom is -0.493 e. The molecule has 0 radical (unpaired) electrons. The molecular weight excluding hydrogens is 362 g/mol. The molecule has 1 aromatic carbocycles. The van der Waals surface area contributed by atoms with E-state index in [1.807, 2.05) is 17.0 Å². The Labute approximate surface area is 162 Å². The molecule has 2 saturated carbocycles. The summed E-state index contributed by atoms with van der Waals surface area (Å²) in [6.07, 6.45) is 1.47. The first-order chi connectivity index (χ1) is 13.5. The number of nitrogens with zero attached hydrogens (tertiary/aromatic N) is 1. The summed E-state index contributed by atoms with van der Waals surface area (Å²) < 4.78 is 16.4. The minimum atomic E-state index is -1.11. The molecule has 1 amide bonds. The van der Waals surface area contributed by atoms with Crippen LogP contribution in [0.1, 0.15) is 30.9 Å². The zero-order chi connectivity index (χ0) is 19.8. The van der Waals surface area contributed by atoms with Crippen molar-refractivity contribution in [3.05, 3.63) is 23.3 Å². The van der Waals surface area contributed by atoms with Crippen molar-refractivity contribution in [3.8, 4) is 11.5 Å². The fourth-order valence-electron chi connectivity index (χ4n) is 6.28. The molecule has 7 heteroatoms. The first-order valence-electron chi connectivity index (χ1n) is 9.75. The highest BCUT2D eigenvalue weighted by molar-refractivity contribution is 6.10. The number of piperidine rings is 1. The van der Waals surface area contributed by atoms with Crippen LogP contribution in [0.25, 0.3) is 0 Å². The summed E-state index contributed by atoms with van der Waals surface area (Å²) in [7, 11) is 3.15. The number of rotatable bonds is 4. The van der Waals surface area contributed by atoms with Gasteiger partial charge in [0.1, 0.15) is 11.2 Å². The van der Waals surface area contributed by atoms with Crippen LogP contribution in [-0.2, 0) is 31.1 Å². The number of carbonyl (C=O) groups is 3. The molecule has 2 aliphatic heterocycles. The van der Waals surface area contributed by atoms with Crippen LogP contribution in [0.15, 0.2) is 12.1 Å². The van der Waals surface area contributed by atoms with E-state index in [0.29, 0.717) is 37.3 Å². The number of hydrogen-bond acceptors (Lipinski definition) is 6. The lowest BCUT2D eigenvalue weighted by atomic mass is 9.64. The number of amides is 1. The van der Waals surface area contributed by atoms with Gasteiger partial charge in [0.15, 0.2) is 11.5 Å². The number of ketones is 1. The molecule has 7 nitrogen and oxygen atoms in total. The predicted molar refractivity (Wildman–Crippen MR) is 96.9 cm³/mol. The highest BCUT2D eigenvalue weighted by Crippen LogP contribution is 2.79. The Kier molecular flexibility index (Phi) is 3.44. The second kappa shape index (κ2) is 5.49. The molecule has 28 heavy (non-hydrogen) atoms. The zero-order valence-electron chi connectivity index (χ0n) is 16.2. The SMILES string of the molecule is CCOC(=O)[C@]12[C@@H]3C(=O)CC[C@]14c1cc(OC)c(OC)cc1CCN4C(=O)[C@@H]32. The van der Waals surface area contributed by atoms with Crippen LogP contribution in [0.5, 0.6) is 11.5 Å². The van der Waals surface area contributed by atoms with E-state index in [2.05, 4.69) is 0 Å². The van der Waals surface area contributed by atoms with Crippen molar-refractivity contribution in [1.29, 1.82) is 0 Å². The van der Waals surface area contributed by atoms with E-state index in [1.165, 1.54) is 0 Å². The summed E-state index contributed by atoms with van der Waals surface area (Å²) in [6, 6.07) is 3.83. The van der Waals surface area contributed by atoms with Crippen molar-refractivity contribution in [3.63, 3.8) is 0 Å². The van der Waals surface area contributed by atoms with Crippen molar-refractivity contribution < 1.29 is 28.6 Å². The maximum atomic E-state index is 13.2. The summed E-state index contributed by atoms with van der Waals surface area (Å²) in [4.78, 5) is 41.0. The molecule has 2 heterocycles. The summed E-state index contributed by atoms with van der Waals surface area (Å²) in [5, 5.41) is 0. The topological polar surface area (TPSA) is 82.1 Å². The van der Waals surface area contributed by atoms with Crippen molar-refractivity contribution >= 4 is 17.7 Å². The molecule has 1 aromatic rings. The molecule has 2 aliphatic carbocycles. The standard InChI is InChI=1S/C21H23NO6/c1-4-28-19(25)21-16-13(23)5-7-20(21)12-10-15(27-3)14(26-2)9-11(12)6-8-22(20)18(24)17(16)21/h9-10,16-17H,4-8H2,1-3H3/t16-,17-,20+,21-/m1/s1. The molecule has 148 valence electrons. The average molecular weight is 385 g/mol. The van der Waals surface area contributed by atoms with Gasteiger partial charge in [-0.2, -0.15) is 0 Å². The highest BCUT2D eigenvalue weighted by atomic mass is 16.5. The first-order valence-corrected chi connectivity index (χ1v) is 9.75. The van der Waals surface area contributed by atoms with E-state index in [9.17, 15) is 14.4 Å². The Bertz CT molecular complexity index is 926. The van der Waals surface area contributed by atoms with Gasteiger partial charge in [-0.3, -0.25) is 14.4 Å². The largest absolute Gasteiger partial charge is 0.493 e. The Hall–Kier alpha value is -2.57. The summed E-state index contributed by atoms with van der Waals surface area (Å²) in [5.41, 5.74) is -0.0157. The van der Waals surface area contributed by atoms with E-state index in [0.717, 1.165) is 11.1 Å². The number of esters is 1. The average Bonchev–Trinajstić information content (AvgIpc) is 3.37. The molecule has 0 aromatic heterocycles. The number of hydrogen-bond donors (Lipinski definition) is 0. The van der Waals surface area contributed by atoms with Gasteiger partial charge in [0.2, 0.25) is 5.91 Å². The van der Waals surface area contributed by atoms with Crippen molar-refractivity contribution in [2.45, 2.75) is 31.7 Å². The van der Waals surface area contributed by atoms with Crippen molar-refractivity contribution in [2.24, 2.45) is 17.3 Å². The molecule has 1 saturated heterocycles. The second-order valence-corrected chi connectivity index (χ2v) is 7.98. The fourth-order valence-corrected chi connectivity index (χ4v) is 6.28. The summed E-state index contributed by atoms with van der Waals surface area (Å²) >= 11 is 0. The van der Waals surface area contributed by atoms with Crippen LogP contribution in [-0.4, -0.2) is 49.9 Å². The van der Waals surface area contributed by atoms with Crippen molar-refractivity contribution in [1.82, 2.24) is 4.90 Å². The molecule has 5 rings (SSSR count). The summed E-state index contributed by atoms with van der Waals surface area (Å²) in [5.74, 6) is -0.492. The maximum absolute atomic E-state index is 13.2. The highest BCUT2D eigenvalue weighted by Gasteiger charge is 2.92. The first kappa shape index (κ1) is 17.5. The third-order valence-electron chi connectivity index (χ3n) is 7.24. The minimum absolute atomic E-state index is 0.00396. The number of benzene rings is 1. The lowest BCUT2D eigenvalue weighted by Crippen LogP contribution is -2.59. The normalized spacial score (nSPS) is 34.3. The lowest BCUT2D eigenvalue weighted by molar-refractivity contribution is -0.163. The van der Waals surface area contributed by atoms with E-state index >= 15 is 0 Å². The molecule has 3 fully saturated rings. The Balaban J connectivity index is 1.78. The van der Waals surface area contributed by atoms with Crippen LogP contribution >= 0.6 is 0 Å². The van der Waals surface area contributed by atoms with Gasteiger partial charge in [-0.1, -0.05) is 0 Å². The van der Waals surface area contributed by atoms with Gasteiger partial charge in [-0.15, -0.1) is 0 Å². The van der Waals surface area contributed by atoms with Gasteiger partial charge in [-0.25, -0.2) is 0 Å².